The van der Waals surface area contributed by atoms with Gasteiger partial charge >= 0.3 is 0 Å². The minimum absolute atomic E-state index is 0.0716. The van der Waals surface area contributed by atoms with Crippen molar-refractivity contribution >= 4 is 10.0 Å². The Morgan fingerprint density at radius 2 is 1.73 bits per heavy atom. The van der Waals surface area contributed by atoms with Gasteiger partial charge in [0.1, 0.15) is 22.1 Å². The monoisotopic (exact) mass is 326 g/mol. The molecule has 120 valence electrons. The molecule has 0 saturated heterocycles. The molecule has 22 heavy (non-hydrogen) atoms. The first-order chi connectivity index (χ1) is 10.4. The molecule has 0 aliphatic carbocycles. The Kier molecular flexibility index (Phi) is 4.72. The smallest absolute Gasteiger partial charge is 0.246 e. The minimum Gasteiger partial charge on any atom is -0.497 e. The molecule has 0 aliphatic heterocycles. The highest BCUT2D eigenvalue weighted by Crippen LogP contribution is 2.23. The summed E-state index contributed by atoms with van der Waals surface area (Å²) in [6.07, 6.45) is 0. The number of nitrogens with one attached hydrogen (secondary N) is 1. The largest absolute Gasteiger partial charge is 0.497 e. The number of sulfonamides is 1. The van der Waals surface area contributed by atoms with Gasteiger partial charge in [0.05, 0.1) is 14.2 Å². The van der Waals surface area contributed by atoms with Crippen molar-refractivity contribution < 1.29 is 22.4 Å². The van der Waals surface area contributed by atoms with Crippen LogP contribution in [0.4, 0.5) is 0 Å². The van der Waals surface area contributed by atoms with Crippen LogP contribution in [-0.4, -0.2) is 27.8 Å². The first-order valence-electron chi connectivity index (χ1n) is 6.52. The number of hydrogen-bond acceptors (Lipinski definition) is 6. The quantitative estimate of drug-likeness (QED) is 0.870. The molecule has 2 rings (SSSR count). The van der Waals surface area contributed by atoms with E-state index in [4.69, 9.17) is 14.0 Å². The highest BCUT2D eigenvalue weighted by molar-refractivity contribution is 7.89. The number of aryl methyl sites for hydroxylation is 2. The third-order valence-corrected chi connectivity index (χ3v) is 4.76. The summed E-state index contributed by atoms with van der Waals surface area (Å²) in [6, 6.07) is 5.18. The lowest BCUT2D eigenvalue weighted by Crippen LogP contribution is -2.24. The normalized spacial score (nSPS) is 11.5. The van der Waals surface area contributed by atoms with Gasteiger partial charge in [0.25, 0.3) is 0 Å². The molecule has 0 aliphatic rings. The summed E-state index contributed by atoms with van der Waals surface area (Å²) in [5, 5.41) is 3.66. The van der Waals surface area contributed by atoms with Gasteiger partial charge in [0, 0.05) is 12.6 Å². The first-order valence-corrected chi connectivity index (χ1v) is 8.00. The second-order valence-electron chi connectivity index (χ2n) is 4.70. The van der Waals surface area contributed by atoms with Gasteiger partial charge in [-0.15, -0.1) is 0 Å². The first kappa shape index (κ1) is 16.3. The van der Waals surface area contributed by atoms with Crippen LogP contribution >= 0.6 is 0 Å². The molecule has 0 unspecified atom stereocenters. The lowest BCUT2D eigenvalue weighted by molar-refractivity contribution is 0.390. The average Bonchev–Trinajstić information content (AvgIpc) is 2.84. The van der Waals surface area contributed by atoms with Gasteiger partial charge in [-0.3, -0.25) is 0 Å². The maximum Gasteiger partial charge on any atom is 0.246 e. The number of methoxy groups -OCH3 is 2. The van der Waals surface area contributed by atoms with Gasteiger partial charge in [-0.1, -0.05) is 5.16 Å². The fourth-order valence-electron chi connectivity index (χ4n) is 2.08. The van der Waals surface area contributed by atoms with Crippen LogP contribution in [0.25, 0.3) is 0 Å². The molecular formula is C14H18N2O5S. The van der Waals surface area contributed by atoms with Crippen molar-refractivity contribution in [3.8, 4) is 11.5 Å². The lowest BCUT2D eigenvalue weighted by Gasteiger charge is -2.10. The SMILES string of the molecule is COc1cc(CNS(=O)(=O)c2c(C)noc2C)cc(OC)c1. The van der Waals surface area contributed by atoms with E-state index in [-0.39, 0.29) is 17.2 Å². The summed E-state index contributed by atoms with van der Waals surface area (Å²) >= 11 is 0. The summed E-state index contributed by atoms with van der Waals surface area (Å²) in [6.45, 7) is 3.24. The van der Waals surface area contributed by atoms with Crippen molar-refractivity contribution in [2.45, 2.75) is 25.3 Å². The number of hydrogen-bond donors (Lipinski definition) is 1. The number of ether oxygens (including phenoxy) is 2. The Morgan fingerprint density at radius 3 is 2.18 bits per heavy atom. The van der Waals surface area contributed by atoms with Crippen LogP contribution in [-0.2, 0) is 16.6 Å². The van der Waals surface area contributed by atoms with E-state index in [1.165, 1.54) is 14.2 Å². The maximum absolute atomic E-state index is 12.3. The summed E-state index contributed by atoms with van der Waals surface area (Å²) in [5.41, 5.74) is 1.04. The second-order valence-corrected chi connectivity index (χ2v) is 6.40. The minimum atomic E-state index is -3.70. The van der Waals surface area contributed by atoms with Gasteiger partial charge in [-0.05, 0) is 31.5 Å². The van der Waals surface area contributed by atoms with E-state index in [2.05, 4.69) is 9.88 Å². The highest BCUT2D eigenvalue weighted by Gasteiger charge is 2.23. The van der Waals surface area contributed by atoms with Gasteiger partial charge in [-0.25, -0.2) is 13.1 Å². The third kappa shape index (κ3) is 3.40. The Labute approximate surface area is 129 Å². The molecular weight excluding hydrogens is 308 g/mol. The average molecular weight is 326 g/mol. The van der Waals surface area contributed by atoms with Crippen LogP contribution in [0.15, 0.2) is 27.6 Å². The Bertz CT molecular complexity index is 726. The molecule has 0 saturated carbocycles. The topological polar surface area (TPSA) is 90.7 Å². The summed E-state index contributed by atoms with van der Waals surface area (Å²) in [4.78, 5) is 0.0716. The van der Waals surface area contributed by atoms with E-state index < -0.39 is 10.0 Å². The van der Waals surface area contributed by atoms with Gasteiger partial charge < -0.3 is 14.0 Å². The van der Waals surface area contributed by atoms with E-state index >= 15 is 0 Å². The standard InChI is InChI=1S/C14H18N2O5S/c1-9-14(10(2)21-16-9)22(17,18)15-8-11-5-12(19-3)7-13(6-11)20-4/h5-7,15H,8H2,1-4H3. The van der Waals surface area contributed by atoms with Crippen LogP contribution in [0.3, 0.4) is 0 Å². The van der Waals surface area contributed by atoms with Gasteiger partial charge in [0.15, 0.2) is 5.76 Å². The zero-order valence-corrected chi connectivity index (χ0v) is 13.7. The highest BCUT2D eigenvalue weighted by atomic mass is 32.2. The van der Waals surface area contributed by atoms with Crippen molar-refractivity contribution in [2.75, 3.05) is 14.2 Å². The summed E-state index contributed by atoms with van der Waals surface area (Å²) in [7, 11) is -0.635. The molecule has 8 heteroatoms. The fourth-order valence-corrected chi connectivity index (χ4v) is 3.42. The Morgan fingerprint density at radius 1 is 1.14 bits per heavy atom. The van der Waals surface area contributed by atoms with Crippen LogP contribution in [0.5, 0.6) is 11.5 Å². The predicted molar refractivity (Wildman–Crippen MR) is 79.5 cm³/mol. The van der Waals surface area contributed by atoms with E-state index in [9.17, 15) is 8.42 Å². The second kappa shape index (κ2) is 6.37. The molecule has 0 atom stereocenters. The van der Waals surface area contributed by atoms with Crippen molar-refractivity contribution in [3.63, 3.8) is 0 Å². The van der Waals surface area contributed by atoms with Crippen LogP contribution in [0.1, 0.15) is 17.0 Å². The van der Waals surface area contributed by atoms with E-state index in [1.54, 1.807) is 32.0 Å². The molecule has 0 bridgehead atoms. The molecule has 1 aromatic carbocycles. The third-order valence-electron chi connectivity index (χ3n) is 3.11. The molecule has 1 N–H and O–H groups in total. The van der Waals surface area contributed by atoms with E-state index in [0.29, 0.717) is 22.8 Å². The van der Waals surface area contributed by atoms with Gasteiger partial charge in [0.2, 0.25) is 10.0 Å². The van der Waals surface area contributed by atoms with E-state index in [0.717, 1.165) is 0 Å². The van der Waals surface area contributed by atoms with E-state index in [1.807, 2.05) is 0 Å². The van der Waals surface area contributed by atoms with Crippen LogP contribution in [0.2, 0.25) is 0 Å². The number of aromatic nitrogens is 1. The molecule has 0 amide bonds. The predicted octanol–water partition coefficient (Wildman–Crippen LogP) is 1.79. The summed E-state index contributed by atoms with van der Waals surface area (Å²) < 4.78 is 42.4. The number of rotatable bonds is 6. The molecule has 0 fully saturated rings. The molecule has 1 heterocycles. The fraction of sp³-hybridized carbons (Fsp3) is 0.357. The number of nitrogens with zero attached hydrogens (tertiary/aromatic N) is 1. The molecule has 0 spiro atoms. The Hall–Kier alpha value is -2.06. The zero-order valence-electron chi connectivity index (χ0n) is 12.8. The van der Waals surface area contributed by atoms with Crippen molar-refractivity contribution in [3.05, 3.63) is 35.2 Å². The maximum atomic E-state index is 12.3. The Balaban J connectivity index is 2.22. The van der Waals surface area contributed by atoms with Gasteiger partial charge in [-0.2, -0.15) is 0 Å². The van der Waals surface area contributed by atoms with Crippen molar-refractivity contribution in [2.24, 2.45) is 0 Å². The lowest BCUT2D eigenvalue weighted by atomic mass is 10.2. The van der Waals surface area contributed by atoms with Crippen molar-refractivity contribution in [1.82, 2.24) is 9.88 Å². The van der Waals surface area contributed by atoms with Crippen molar-refractivity contribution in [1.29, 1.82) is 0 Å². The molecule has 0 radical (unpaired) electrons. The van der Waals surface area contributed by atoms with Crippen LogP contribution < -0.4 is 14.2 Å². The molecule has 1 aromatic heterocycles. The molecule has 2 aromatic rings. The van der Waals surface area contributed by atoms with Crippen LogP contribution in [0, 0.1) is 13.8 Å². The zero-order chi connectivity index (χ0) is 16.3. The molecule has 7 nitrogen and oxygen atoms in total. The number of benzene rings is 1. The summed E-state index contributed by atoms with van der Waals surface area (Å²) in [5.74, 6) is 1.44.